The Hall–Kier alpha value is -1.79. The third-order valence-electron chi connectivity index (χ3n) is 5.25. The topological polar surface area (TPSA) is 77.0 Å². The molecule has 0 aromatic carbocycles. The van der Waals surface area contributed by atoms with E-state index in [1.807, 2.05) is 23.6 Å². The van der Waals surface area contributed by atoms with Crippen molar-refractivity contribution >= 4 is 17.8 Å². The van der Waals surface area contributed by atoms with Crippen LogP contribution in [0.3, 0.4) is 0 Å². The number of nitrogens with zero attached hydrogens (tertiary/aromatic N) is 3. The molecule has 2 rings (SSSR count). The number of carbonyl (C=O) groups is 2. The molecular formula is C19H35N5O2. The van der Waals surface area contributed by atoms with E-state index < -0.39 is 0 Å². The van der Waals surface area contributed by atoms with Gasteiger partial charge in [0, 0.05) is 51.1 Å². The van der Waals surface area contributed by atoms with Crippen LogP contribution in [0, 0.1) is 0 Å². The maximum Gasteiger partial charge on any atom is 0.224 e. The van der Waals surface area contributed by atoms with Crippen LogP contribution in [-0.4, -0.2) is 72.4 Å². The van der Waals surface area contributed by atoms with Gasteiger partial charge in [0.2, 0.25) is 11.8 Å². The average molecular weight is 366 g/mol. The van der Waals surface area contributed by atoms with E-state index in [1.54, 1.807) is 0 Å². The van der Waals surface area contributed by atoms with Gasteiger partial charge in [0.15, 0.2) is 5.96 Å². The Morgan fingerprint density at radius 3 is 2.62 bits per heavy atom. The van der Waals surface area contributed by atoms with Crippen LogP contribution in [0.5, 0.6) is 0 Å². The van der Waals surface area contributed by atoms with Gasteiger partial charge in [0.25, 0.3) is 0 Å². The van der Waals surface area contributed by atoms with Crippen molar-refractivity contribution in [2.75, 3.05) is 32.7 Å². The number of hydrogen-bond acceptors (Lipinski definition) is 3. The van der Waals surface area contributed by atoms with Gasteiger partial charge in [0.05, 0.1) is 6.54 Å². The van der Waals surface area contributed by atoms with Gasteiger partial charge in [-0.2, -0.15) is 0 Å². The molecule has 2 atom stereocenters. The van der Waals surface area contributed by atoms with Crippen molar-refractivity contribution in [2.24, 2.45) is 4.99 Å². The highest BCUT2D eigenvalue weighted by Crippen LogP contribution is 2.17. The first-order chi connectivity index (χ1) is 12.5. The summed E-state index contributed by atoms with van der Waals surface area (Å²) in [6.07, 6.45) is 5.37. The van der Waals surface area contributed by atoms with Crippen molar-refractivity contribution in [1.29, 1.82) is 0 Å². The summed E-state index contributed by atoms with van der Waals surface area (Å²) in [5.41, 5.74) is 0. The molecule has 2 aliphatic rings. The van der Waals surface area contributed by atoms with E-state index in [-0.39, 0.29) is 17.9 Å². The van der Waals surface area contributed by atoms with Crippen LogP contribution in [0.15, 0.2) is 4.99 Å². The van der Waals surface area contributed by atoms with Gasteiger partial charge in [0.1, 0.15) is 0 Å². The molecule has 0 saturated carbocycles. The average Bonchev–Trinajstić information content (AvgIpc) is 3.10. The summed E-state index contributed by atoms with van der Waals surface area (Å²) in [7, 11) is 0. The van der Waals surface area contributed by atoms with E-state index in [2.05, 4.69) is 22.5 Å². The Bertz CT molecular complexity index is 508. The second-order valence-corrected chi connectivity index (χ2v) is 7.27. The third-order valence-corrected chi connectivity index (χ3v) is 5.25. The van der Waals surface area contributed by atoms with Crippen LogP contribution in [0.2, 0.25) is 0 Å². The van der Waals surface area contributed by atoms with Crippen LogP contribution >= 0.6 is 0 Å². The number of amides is 2. The number of carbonyl (C=O) groups excluding carboxylic acids is 2. The summed E-state index contributed by atoms with van der Waals surface area (Å²) in [6.45, 7) is 9.72. The van der Waals surface area contributed by atoms with Gasteiger partial charge in [-0.3, -0.25) is 14.6 Å². The number of hydrogen-bond donors (Lipinski definition) is 2. The Morgan fingerprint density at radius 2 is 1.92 bits per heavy atom. The number of aliphatic imine (C=N–C) groups is 1. The van der Waals surface area contributed by atoms with E-state index in [0.29, 0.717) is 25.4 Å². The van der Waals surface area contributed by atoms with E-state index in [0.717, 1.165) is 51.4 Å². The fraction of sp³-hybridized carbons (Fsp3) is 0.842. The van der Waals surface area contributed by atoms with Gasteiger partial charge in [-0.05, 0) is 39.5 Å². The molecule has 2 heterocycles. The number of guanidine groups is 1. The zero-order valence-electron chi connectivity index (χ0n) is 16.6. The van der Waals surface area contributed by atoms with E-state index in [1.165, 1.54) is 6.42 Å². The maximum atomic E-state index is 12.4. The molecule has 148 valence electrons. The second kappa shape index (κ2) is 10.4. The van der Waals surface area contributed by atoms with Crippen molar-refractivity contribution in [3.63, 3.8) is 0 Å². The molecule has 2 fully saturated rings. The van der Waals surface area contributed by atoms with Gasteiger partial charge in [-0.25, -0.2) is 0 Å². The first-order valence-electron chi connectivity index (χ1n) is 10.2. The van der Waals surface area contributed by atoms with Crippen LogP contribution in [0.25, 0.3) is 0 Å². The summed E-state index contributed by atoms with van der Waals surface area (Å²) in [6, 6.07) is 0.577. The van der Waals surface area contributed by atoms with Crippen LogP contribution in [0.4, 0.5) is 0 Å². The van der Waals surface area contributed by atoms with Gasteiger partial charge < -0.3 is 20.4 Å². The summed E-state index contributed by atoms with van der Waals surface area (Å²) < 4.78 is 0. The van der Waals surface area contributed by atoms with Gasteiger partial charge in [-0.1, -0.05) is 6.92 Å². The Labute approximate surface area is 157 Å². The fourth-order valence-electron chi connectivity index (χ4n) is 3.72. The molecule has 7 nitrogen and oxygen atoms in total. The van der Waals surface area contributed by atoms with Gasteiger partial charge in [-0.15, -0.1) is 0 Å². The summed E-state index contributed by atoms with van der Waals surface area (Å²) in [5.74, 6) is 1.15. The molecule has 2 aliphatic heterocycles. The molecule has 7 heteroatoms. The van der Waals surface area contributed by atoms with Crippen molar-refractivity contribution in [2.45, 2.75) is 71.4 Å². The minimum atomic E-state index is 0.206. The molecule has 0 spiro atoms. The lowest BCUT2D eigenvalue weighted by molar-refractivity contribution is -0.134. The Morgan fingerprint density at radius 1 is 1.12 bits per heavy atom. The van der Waals surface area contributed by atoms with Crippen molar-refractivity contribution in [1.82, 2.24) is 20.4 Å². The minimum Gasteiger partial charge on any atom is -0.357 e. The third kappa shape index (κ3) is 5.88. The van der Waals surface area contributed by atoms with E-state index in [4.69, 9.17) is 0 Å². The maximum absolute atomic E-state index is 12.4. The van der Waals surface area contributed by atoms with E-state index in [9.17, 15) is 9.59 Å². The lowest BCUT2D eigenvalue weighted by Gasteiger charge is -2.33. The molecule has 2 saturated heterocycles. The zero-order chi connectivity index (χ0) is 18.9. The van der Waals surface area contributed by atoms with Gasteiger partial charge >= 0.3 is 0 Å². The highest BCUT2D eigenvalue weighted by Gasteiger charge is 2.26. The first-order valence-corrected chi connectivity index (χ1v) is 10.2. The molecule has 0 aromatic rings. The second-order valence-electron chi connectivity index (χ2n) is 7.27. The predicted octanol–water partition coefficient (Wildman–Crippen LogP) is 1.34. The number of nitrogens with one attached hydrogen (secondary N) is 2. The molecule has 2 unspecified atom stereocenters. The standard InChI is InChI=1S/C19H35N5O2/c1-4-17(25)23-13-10-16(14-23)22-19(20-5-2)21-11-9-18(26)24-12-7-6-8-15(24)3/h15-16H,4-14H2,1-3H3,(H2,20,21,22). The number of piperidine rings is 1. The van der Waals surface area contributed by atoms with E-state index >= 15 is 0 Å². The first kappa shape index (κ1) is 20.5. The lowest BCUT2D eigenvalue weighted by Crippen LogP contribution is -2.45. The normalized spacial score (nSPS) is 23.9. The lowest BCUT2D eigenvalue weighted by atomic mass is 10.0. The highest BCUT2D eigenvalue weighted by atomic mass is 16.2. The molecular weight excluding hydrogens is 330 g/mol. The van der Waals surface area contributed by atoms with Crippen molar-refractivity contribution in [3.05, 3.63) is 0 Å². The summed E-state index contributed by atoms with van der Waals surface area (Å²) in [4.78, 5) is 32.7. The molecule has 0 bridgehead atoms. The molecule has 2 N–H and O–H groups in total. The van der Waals surface area contributed by atoms with Crippen molar-refractivity contribution < 1.29 is 9.59 Å². The number of rotatable bonds is 6. The number of likely N-dealkylation sites (tertiary alicyclic amines) is 2. The summed E-state index contributed by atoms with van der Waals surface area (Å²) in [5, 5.41) is 6.65. The predicted molar refractivity (Wildman–Crippen MR) is 104 cm³/mol. The molecule has 2 amide bonds. The monoisotopic (exact) mass is 365 g/mol. The van der Waals surface area contributed by atoms with Crippen LogP contribution in [0.1, 0.15) is 59.3 Å². The molecule has 0 radical (unpaired) electrons. The van der Waals surface area contributed by atoms with Crippen LogP contribution < -0.4 is 10.6 Å². The Kier molecular flexibility index (Phi) is 8.19. The smallest absolute Gasteiger partial charge is 0.224 e. The Balaban J connectivity index is 1.81. The SMILES string of the molecule is CCNC(=NCCC(=O)N1CCCCC1C)NC1CCN(C(=O)CC)C1. The minimum absolute atomic E-state index is 0.206. The van der Waals surface area contributed by atoms with Crippen LogP contribution in [-0.2, 0) is 9.59 Å². The van der Waals surface area contributed by atoms with Crippen molar-refractivity contribution in [3.8, 4) is 0 Å². The quantitative estimate of drug-likeness (QED) is 0.550. The molecule has 0 aromatic heterocycles. The zero-order valence-corrected chi connectivity index (χ0v) is 16.6. The molecule has 26 heavy (non-hydrogen) atoms. The highest BCUT2D eigenvalue weighted by molar-refractivity contribution is 5.81. The summed E-state index contributed by atoms with van der Waals surface area (Å²) >= 11 is 0. The largest absolute Gasteiger partial charge is 0.357 e. The molecule has 0 aliphatic carbocycles. The fourth-order valence-corrected chi connectivity index (χ4v) is 3.72.